The summed E-state index contributed by atoms with van der Waals surface area (Å²) < 4.78 is 0. The molecule has 1 rings (SSSR count). The molecule has 0 aliphatic carbocycles. The molecule has 0 bridgehead atoms. The number of hydrogen-bond donors (Lipinski definition) is 2. The van der Waals surface area contributed by atoms with Gasteiger partial charge < -0.3 is 10.8 Å². The SMILES string of the molecule is NCC#CC(O)c1ccccc1. The average Bonchev–Trinajstić information content (AvgIpc) is 2.15. The van der Waals surface area contributed by atoms with Crippen molar-refractivity contribution in [2.75, 3.05) is 6.54 Å². The molecule has 2 heteroatoms. The summed E-state index contributed by atoms with van der Waals surface area (Å²) in [7, 11) is 0. The van der Waals surface area contributed by atoms with Crippen LogP contribution in [0, 0.1) is 11.8 Å². The normalized spacial score (nSPS) is 11.5. The predicted octanol–water partition coefficient (Wildman–Crippen LogP) is 0.682. The number of rotatable bonds is 1. The topological polar surface area (TPSA) is 46.2 Å². The lowest BCUT2D eigenvalue weighted by atomic mass is 10.1. The van der Waals surface area contributed by atoms with Crippen LogP contribution in [0.15, 0.2) is 30.3 Å². The Hall–Kier alpha value is -1.30. The standard InChI is InChI=1S/C10H11NO/c11-8-4-7-10(12)9-5-2-1-3-6-9/h1-3,5-6,10,12H,8,11H2. The number of aliphatic hydroxyl groups is 1. The Kier molecular flexibility index (Phi) is 3.34. The molecule has 12 heavy (non-hydrogen) atoms. The van der Waals surface area contributed by atoms with E-state index < -0.39 is 6.10 Å². The van der Waals surface area contributed by atoms with Gasteiger partial charge in [0.1, 0.15) is 6.10 Å². The van der Waals surface area contributed by atoms with Crippen LogP contribution >= 0.6 is 0 Å². The van der Waals surface area contributed by atoms with E-state index in [0.29, 0.717) is 0 Å². The summed E-state index contributed by atoms with van der Waals surface area (Å²) in [6.45, 7) is 0.282. The third-order valence-electron chi connectivity index (χ3n) is 1.46. The number of hydrogen-bond acceptors (Lipinski definition) is 2. The second-order valence-electron chi connectivity index (χ2n) is 2.34. The van der Waals surface area contributed by atoms with Gasteiger partial charge in [0.2, 0.25) is 0 Å². The first-order valence-corrected chi connectivity index (χ1v) is 3.76. The smallest absolute Gasteiger partial charge is 0.140 e. The van der Waals surface area contributed by atoms with E-state index in [1.54, 1.807) is 0 Å². The maximum Gasteiger partial charge on any atom is 0.140 e. The summed E-state index contributed by atoms with van der Waals surface area (Å²) in [5, 5.41) is 9.42. The molecule has 0 saturated carbocycles. The molecule has 1 aromatic rings. The molecule has 1 aromatic carbocycles. The molecule has 0 heterocycles. The summed E-state index contributed by atoms with van der Waals surface area (Å²) in [6, 6.07) is 9.28. The maximum atomic E-state index is 9.42. The monoisotopic (exact) mass is 161 g/mol. The molecule has 2 nitrogen and oxygen atoms in total. The Labute approximate surface area is 72.0 Å². The molecule has 3 N–H and O–H groups in total. The quantitative estimate of drug-likeness (QED) is 0.595. The highest BCUT2D eigenvalue weighted by atomic mass is 16.3. The zero-order valence-electron chi connectivity index (χ0n) is 6.70. The van der Waals surface area contributed by atoms with E-state index in [4.69, 9.17) is 5.73 Å². The van der Waals surface area contributed by atoms with Crippen molar-refractivity contribution >= 4 is 0 Å². The van der Waals surface area contributed by atoms with Crippen LogP contribution in [0.2, 0.25) is 0 Å². The second-order valence-corrected chi connectivity index (χ2v) is 2.34. The second kappa shape index (κ2) is 4.55. The van der Waals surface area contributed by atoms with Crippen LogP contribution in [0.1, 0.15) is 11.7 Å². The molecule has 62 valence electrons. The molecular weight excluding hydrogens is 150 g/mol. The van der Waals surface area contributed by atoms with Gasteiger partial charge in [0.25, 0.3) is 0 Å². The minimum atomic E-state index is -0.713. The van der Waals surface area contributed by atoms with Crippen molar-refractivity contribution in [1.29, 1.82) is 0 Å². The summed E-state index contributed by atoms with van der Waals surface area (Å²) in [6.07, 6.45) is -0.713. The van der Waals surface area contributed by atoms with Gasteiger partial charge in [0, 0.05) is 0 Å². The lowest BCUT2D eigenvalue weighted by Crippen LogP contribution is -1.97. The Morgan fingerprint density at radius 2 is 2.00 bits per heavy atom. The molecule has 0 aliphatic rings. The molecule has 0 aliphatic heterocycles. The van der Waals surface area contributed by atoms with Crippen molar-refractivity contribution in [3.8, 4) is 11.8 Å². The molecule has 0 aromatic heterocycles. The van der Waals surface area contributed by atoms with Crippen molar-refractivity contribution in [3.05, 3.63) is 35.9 Å². The van der Waals surface area contributed by atoms with Crippen molar-refractivity contribution in [3.63, 3.8) is 0 Å². The molecule has 1 atom stereocenters. The Morgan fingerprint density at radius 1 is 1.33 bits per heavy atom. The van der Waals surface area contributed by atoms with Gasteiger partial charge in [0.05, 0.1) is 6.54 Å². The number of benzene rings is 1. The first-order chi connectivity index (χ1) is 5.84. The van der Waals surface area contributed by atoms with E-state index in [0.717, 1.165) is 5.56 Å². The highest BCUT2D eigenvalue weighted by molar-refractivity contribution is 5.24. The summed E-state index contributed by atoms with van der Waals surface area (Å²) in [5.74, 6) is 5.25. The highest BCUT2D eigenvalue weighted by Crippen LogP contribution is 2.09. The molecule has 0 amide bonds. The lowest BCUT2D eigenvalue weighted by molar-refractivity contribution is 0.238. The fourth-order valence-electron chi connectivity index (χ4n) is 0.874. The van der Waals surface area contributed by atoms with Crippen LogP contribution in [-0.4, -0.2) is 11.7 Å². The van der Waals surface area contributed by atoms with Crippen LogP contribution in [0.25, 0.3) is 0 Å². The van der Waals surface area contributed by atoms with Crippen molar-refractivity contribution in [1.82, 2.24) is 0 Å². The van der Waals surface area contributed by atoms with E-state index in [9.17, 15) is 5.11 Å². The van der Waals surface area contributed by atoms with Gasteiger partial charge in [-0.3, -0.25) is 0 Å². The predicted molar refractivity (Wildman–Crippen MR) is 48.2 cm³/mol. The van der Waals surface area contributed by atoms with Gasteiger partial charge in [-0.1, -0.05) is 42.2 Å². The van der Waals surface area contributed by atoms with Gasteiger partial charge in [-0.05, 0) is 5.56 Å². The molecule has 0 saturated heterocycles. The molecule has 1 unspecified atom stereocenters. The average molecular weight is 161 g/mol. The summed E-state index contributed by atoms with van der Waals surface area (Å²) >= 11 is 0. The van der Waals surface area contributed by atoms with E-state index >= 15 is 0 Å². The van der Waals surface area contributed by atoms with Crippen LogP contribution in [0.3, 0.4) is 0 Å². The third kappa shape index (κ3) is 2.39. The maximum absolute atomic E-state index is 9.42. The Bertz CT molecular complexity index is 284. The van der Waals surface area contributed by atoms with Crippen molar-refractivity contribution in [2.24, 2.45) is 5.73 Å². The van der Waals surface area contributed by atoms with Crippen LogP contribution < -0.4 is 5.73 Å². The van der Waals surface area contributed by atoms with Gasteiger partial charge >= 0.3 is 0 Å². The first-order valence-electron chi connectivity index (χ1n) is 3.76. The van der Waals surface area contributed by atoms with Crippen molar-refractivity contribution in [2.45, 2.75) is 6.10 Å². The zero-order valence-corrected chi connectivity index (χ0v) is 6.70. The van der Waals surface area contributed by atoms with Gasteiger partial charge in [-0.15, -0.1) is 0 Å². The van der Waals surface area contributed by atoms with E-state index in [1.165, 1.54) is 0 Å². The summed E-state index contributed by atoms with van der Waals surface area (Å²) in [4.78, 5) is 0. The molecule has 0 spiro atoms. The van der Waals surface area contributed by atoms with Gasteiger partial charge in [-0.25, -0.2) is 0 Å². The first kappa shape index (κ1) is 8.79. The van der Waals surface area contributed by atoms with Crippen molar-refractivity contribution < 1.29 is 5.11 Å². The third-order valence-corrected chi connectivity index (χ3v) is 1.46. The Balaban J connectivity index is 2.72. The summed E-state index contributed by atoms with van der Waals surface area (Å²) in [5.41, 5.74) is 5.97. The molecule has 0 fully saturated rings. The minimum Gasteiger partial charge on any atom is -0.376 e. The van der Waals surface area contributed by atoms with Crippen LogP contribution in [0.4, 0.5) is 0 Å². The molecular formula is C10H11NO. The van der Waals surface area contributed by atoms with E-state index in [1.807, 2.05) is 30.3 Å². The van der Waals surface area contributed by atoms with Gasteiger partial charge in [0.15, 0.2) is 0 Å². The fraction of sp³-hybridized carbons (Fsp3) is 0.200. The molecule has 0 radical (unpaired) electrons. The number of aliphatic hydroxyl groups excluding tert-OH is 1. The van der Waals surface area contributed by atoms with Crippen LogP contribution in [-0.2, 0) is 0 Å². The highest BCUT2D eigenvalue weighted by Gasteiger charge is 1.99. The minimum absolute atomic E-state index is 0.282. The van der Waals surface area contributed by atoms with E-state index in [2.05, 4.69) is 11.8 Å². The lowest BCUT2D eigenvalue weighted by Gasteiger charge is -2.01. The van der Waals surface area contributed by atoms with Gasteiger partial charge in [-0.2, -0.15) is 0 Å². The van der Waals surface area contributed by atoms with Crippen LogP contribution in [0.5, 0.6) is 0 Å². The Morgan fingerprint density at radius 3 is 2.58 bits per heavy atom. The number of nitrogens with two attached hydrogens (primary N) is 1. The van der Waals surface area contributed by atoms with E-state index in [-0.39, 0.29) is 6.54 Å². The largest absolute Gasteiger partial charge is 0.376 e. The zero-order chi connectivity index (χ0) is 8.81. The fourth-order valence-corrected chi connectivity index (χ4v) is 0.874.